The molecule has 0 saturated carbocycles. The minimum atomic E-state index is -5.69. The van der Waals surface area contributed by atoms with Crippen LogP contribution in [0.4, 0.5) is 27.8 Å². The van der Waals surface area contributed by atoms with Crippen LogP contribution in [-0.4, -0.2) is 43.8 Å². The monoisotopic (exact) mass is 464 g/mol. The summed E-state index contributed by atoms with van der Waals surface area (Å²) in [7, 11) is 3.19. The van der Waals surface area contributed by atoms with Crippen molar-refractivity contribution in [2.45, 2.75) is 18.6 Å². The highest BCUT2D eigenvalue weighted by Gasteiger charge is 2.58. The number of carbonyl (C=O) groups excluding carboxylic acids is 1. The van der Waals surface area contributed by atoms with E-state index in [4.69, 9.17) is 5.73 Å². The summed E-state index contributed by atoms with van der Waals surface area (Å²) in [5.74, 6) is -5.16. The first-order valence-corrected chi connectivity index (χ1v) is 9.56. The summed E-state index contributed by atoms with van der Waals surface area (Å²) >= 11 is 0. The summed E-state index contributed by atoms with van der Waals surface area (Å²) in [6.45, 7) is -0.0302. The number of alkyl halides is 5. The number of fused-ring (bicyclic) bond motifs is 3. The number of carbonyl (C=O) groups is 1. The lowest BCUT2D eigenvalue weighted by Crippen LogP contribution is -2.33. The summed E-state index contributed by atoms with van der Waals surface area (Å²) in [4.78, 5) is 22.6. The first-order chi connectivity index (χ1) is 15.4. The molecule has 172 valence electrons. The molecule has 4 aromatic rings. The maximum Gasteiger partial charge on any atom is 0.458 e. The smallest absolute Gasteiger partial charge is 0.383 e. The molecule has 0 aliphatic heterocycles. The molecule has 0 aliphatic carbocycles. The number of aromatic nitrogens is 4. The molecule has 12 heteroatoms. The van der Waals surface area contributed by atoms with Crippen molar-refractivity contribution < 1.29 is 26.7 Å². The molecule has 0 radical (unpaired) electrons. The van der Waals surface area contributed by atoms with Crippen molar-refractivity contribution in [2.24, 2.45) is 7.05 Å². The summed E-state index contributed by atoms with van der Waals surface area (Å²) in [5.41, 5.74) is 6.40. The van der Waals surface area contributed by atoms with Gasteiger partial charge in [0, 0.05) is 31.6 Å². The van der Waals surface area contributed by atoms with Gasteiger partial charge in [-0.1, -0.05) is 24.3 Å². The number of nitrogens with zero attached hydrogens (tertiary/aromatic N) is 5. The Kier molecular flexibility index (Phi) is 5.18. The highest BCUT2D eigenvalue weighted by atomic mass is 19.4. The Morgan fingerprint density at radius 3 is 2.39 bits per heavy atom. The molecular weight excluding hydrogens is 447 g/mol. The summed E-state index contributed by atoms with van der Waals surface area (Å²) < 4.78 is 66.1. The molecule has 7 nitrogen and oxygen atoms in total. The number of amides is 1. The molecule has 3 aromatic heterocycles. The van der Waals surface area contributed by atoms with E-state index >= 15 is 0 Å². The van der Waals surface area contributed by atoms with E-state index in [0.29, 0.717) is 39.5 Å². The molecule has 0 fully saturated rings. The van der Waals surface area contributed by atoms with E-state index in [1.165, 1.54) is 18.1 Å². The van der Waals surface area contributed by atoms with Gasteiger partial charge in [-0.2, -0.15) is 27.1 Å². The summed E-state index contributed by atoms with van der Waals surface area (Å²) in [6.07, 6.45) is -2.72. The number of aryl methyl sites for hydroxylation is 1. The van der Waals surface area contributed by atoms with Crippen molar-refractivity contribution in [1.29, 1.82) is 0 Å². The van der Waals surface area contributed by atoms with Crippen LogP contribution in [0.25, 0.3) is 21.8 Å². The lowest BCUT2D eigenvalue weighted by Gasteiger charge is -2.21. The number of halogens is 5. The number of hydrogen-bond acceptors (Lipinski definition) is 5. The van der Waals surface area contributed by atoms with Gasteiger partial charge in [-0.25, -0.2) is 9.97 Å². The van der Waals surface area contributed by atoms with Crippen LogP contribution in [0.1, 0.15) is 21.6 Å². The number of nitrogens with two attached hydrogens (primary N) is 1. The van der Waals surface area contributed by atoms with E-state index in [2.05, 4.69) is 15.1 Å². The average molecular weight is 464 g/mol. The van der Waals surface area contributed by atoms with Gasteiger partial charge >= 0.3 is 12.1 Å². The molecule has 0 saturated heterocycles. The number of rotatable bonds is 4. The van der Waals surface area contributed by atoms with Gasteiger partial charge in [0.2, 0.25) is 0 Å². The van der Waals surface area contributed by atoms with E-state index in [-0.39, 0.29) is 18.1 Å². The standard InChI is InChI=1S/C21H17F5N6O/c1-31(10-11-3-5-12(6-4-11)20(22,23)21(24,25)26)19(33)15-7-13-16(9-28-15)30-18(27)14-8-29-32(2)17(13)14/h3-9H,10H2,1-2H3,(H2,27,30). The van der Waals surface area contributed by atoms with E-state index in [1.54, 1.807) is 24.0 Å². The van der Waals surface area contributed by atoms with Crippen molar-refractivity contribution in [3.63, 3.8) is 0 Å². The number of nitrogen functional groups attached to an aromatic ring is 1. The average Bonchev–Trinajstić information content (AvgIpc) is 3.15. The molecule has 1 aromatic carbocycles. The number of pyridine rings is 2. The van der Waals surface area contributed by atoms with Gasteiger partial charge in [-0.15, -0.1) is 0 Å². The molecule has 0 aliphatic rings. The highest BCUT2D eigenvalue weighted by molar-refractivity contribution is 6.09. The largest absolute Gasteiger partial charge is 0.458 e. The van der Waals surface area contributed by atoms with Crippen LogP contribution in [0.2, 0.25) is 0 Å². The Balaban J connectivity index is 1.59. The number of anilines is 1. The van der Waals surface area contributed by atoms with Crippen LogP contribution in [0, 0.1) is 0 Å². The number of hydrogen-bond donors (Lipinski definition) is 1. The Morgan fingerprint density at radius 1 is 1.09 bits per heavy atom. The molecule has 0 unspecified atom stereocenters. The fourth-order valence-electron chi connectivity index (χ4n) is 3.50. The van der Waals surface area contributed by atoms with Crippen LogP contribution < -0.4 is 5.73 Å². The van der Waals surface area contributed by atoms with Crippen molar-refractivity contribution in [2.75, 3.05) is 12.8 Å². The maximum atomic E-state index is 13.5. The predicted octanol–water partition coefficient (Wildman–Crippen LogP) is 4.03. The quantitative estimate of drug-likeness (QED) is 0.461. The third kappa shape index (κ3) is 3.81. The molecule has 0 bridgehead atoms. The van der Waals surface area contributed by atoms with Crippen LogP contribution in [-0.2, 0) is 19.5 Å². The maximum absolute atomic E-state index is 13.5. The van der Waals surface area contributed by atoms with Gasteiger partial charge in [0.05, 0.1) is 28.8 Å². The lowest BCUT2D eigenvalue weighted by molar-refractivity contribution is -0.289. The van der Waals surface area contributed by atoms with Gasteiger partial charge in [0.15, 0.2) is 0 Å². The van der Waals surface area contributed by atoms with E-state index < -0.39 is 23.6 Å². The minimum absolute atomic E-state index is 0.0302. The zero-order chi connectivity index (χ0) is 24.1. The van der Waals surface area contributed by atoms with E-state index in [0.717, 1.165) is 12.1 Å². The second-order valence-corrected chi connectivity index (χ2v) is 7.54. The number of benzene rings is 1. The van der Waals surface area contributed by atoms with Gasteiger partial charge in [-0.3, -0.25) is 9.48 Å². The van der Waals surface area contributed by atoms with Gasteiger partial charge in [0.25, 0.3) is 5.91 Å². The minimum Gasteiger partial charge on any atom is -0.383 e. The van der Waals surface area contributed by atoms with Gasteiger partial charge < -0.3 is 10.6 Å². The van der Waals surface area contributed by atoms with Crippen molar-refractivity contribution in [3.8, 4) is 0 Å². The highest BCUT2D eigenvalue weighted by Crippen LogP contribution is 2.43. The predicted molar refractivity (Wildman–Crippen MR) is 110 cm³/mol. The first-order valence-electron chi connectivity index (χ1n) is 9.56. The van der Waals surface area contributed by atoms with Gasteiger partial charge in [-0.05, 0) is 11.6 Å². The Labute approximate surface area is 183 Å². The SMILES string of the molecule is CN(Cc1ccc(C(F)(F)C(F)(F)F)cc1)C(=O)c1cc2c(cn1)nc(N)c1cnn(C)c12. The van der Waals surface area contributed by atoms with Crippen molar-refractivity contribution in [1.82, 2.24) is 24.6 Å². The molecule has 0 atom stereocenters. The van der Waals surface area contributed by atoms with Crippen LogP contribution in [0.5, 0.6) is 0 Å². The summed E-state index contributed by atoms with van der Waals surface area (Å²) in [5, 5.41) is 5.41. The zero-order valence-corrected chi connectivity index (χ0v) is 17.4. The normalized spacial score (nSPS) is 12.5. The van der Waals surface area contributed by atoms with Crippen molar-refractivity contribution >= 4 is 33.5 Å². The van der Waals surface area contributed by atoms with Gasteiger partial charge in [0.1, 0.15) is 11.5 Å². The third-order valence-electron chi connectivity index (χ3n) is 5.25. The summed E-state index contributed by atoms with van der Waals surface area (Å²) in [6, 6.07) is 5.20. The van der Waals surface area contributed by atoms with E-state index in [1.807, 2.05) is 0 Å². The lowest BCUT2D eigenvalue weighted by atomic mass is 10.1. The first kappa shape index (κ1) is 22.4. The topological polar surface area (TPSA) is 89.9 Å². The third-order valence-corrected chi connectivity index (χ3v) is 5.25. The van der Waals surface area contributed by atoms with Crippen LogP contribution in [0.3, 0.4) is 0 Å². The fourth-order valence-corrected chi connectivity index (χ4v) is 3.50. The van der Waals surface area contributed by atoms with Crippen LogP contribution in [0.15, 0.2) is 42.7 Å². The molecule has 0 spiro atoms. The zero-order valence-electron chi connectivity index (χ0n) is 17.4. The van der Waals surface area contributed by atoms with E-state index in [9.17, 15) is 26.7 Å². The molecule has 2 N–H and O–H groups in total. The molecule has 3 heterocycles. The van der Waals surface area contributed by atoms with Crippen LogP contribution >= 0.6 is 0 Å². The second kappa shape index (κ2) is 7.64. The molecule has 1 amide bonds. The second-order valence-electron chi connectivity index (χ2n) is 7.54. The van der Waals surface area contributed by atoms with Crippen molar-refractivity contribution in [3.05, 3.63) is 59.5 Å². The Morgan fingerprint density at radius 2 is 1.76 bits per heavy atom. The Hall–Kier alpha value is -3.83. The fraction of sp³-hybridized carbons (Fsp3) is 0.238. The molecule has 33 heavy (non-hydrogen) atoms. The molecule has 4 rings (SSSR count). The molecular formula is C21H17F5N6O. The Bertz CT molecular complexity index is 1360.